The van der Waals surface area contributed by atoms with Crippen LogP contribution < -0.4 is 16.0 Å². The number of rotatable bonds is 5. The zero-order valence-corrected chi connectivity index (χ0v) is 16.2. The lowest BCUT2D eigenvalue weighted by atomic mass is 10.1. The third-order valence-electron chi connectivity index (χ3n) is 3.45. The Morgan fingerprint density at radius 3 is 2.56 bits per heavy atom. The van der Waals surface area contributed by atoms with Gasteiger partial charge in [-0.15, -0.1) is 0 Å². The number of hydrogen-bond donors (Lipinski definition) is 3. The van der Waals surface area contributed by atoms with Crippen molar-refractivity contribution in [2.24, 2.45) is 0 Å². The van der Waals surface area contributed by atoms with E-state index in [0.29, 0.717) is 21.7 Å². The van der Waals surface area contributed by atoms with Gasteiger partial charge in [0, 0.05) is 0 Å². The molecule has 0 bridgehead atoms. The lowest BCUT2D eigenvalue weighted by Gasteiger charge is -2.13. The van der Waals surface area contributed by atoms with Crippen LogP contribution in [0.5, 0.6) is 0 Å². The van der Waals surface area contributed by atoms with Crippen molar-refractivity contribution >= 4 is 50.8 Å². The van der Waals surface area contributed by atoms with Crippen LogP contribution in [0.15, 0.2) is 68.3 Å². The van der Waals surface area contributed by atoms with Crippen LogP contribution in [0, 0.1) is 0 Å². The molecule has 3 N–H and O–H groups in total. The molecule has 0 atom stereocenters. The molecule has 0 saturated heterocycles. The van der Waals surface area contributed by atoms with E-state index in [1.807, 2.05) is 0 Å². The van der Waals surface area contributed by atoms with E-state index < -0.39 is 5.91 Å². The summed E-state index contributed by atoms with van der Waals surface area (Å²) in [6.45, 7) is 0.259. The highest BCUT2D eigenvalue weighted by atomic mass is 79.9. The summed E-state index contributed by atoms with van der Waals surface area (Å²) in [4.78, 5) is 24.5. The molecule has 138 valence electrons. The smallest absolute Gasteiger partial charge is 0.293 e. The second kappa shape index (κ2) is 8.65. The molecule has 0 saturated carbocycles. The van der Waals surface area contributed by atoms with Crippen LogP contribution in [-0.2, 0) is 6.54 Å². The van der Waals surface area contributed by atoms with Crippen LogP contribution in [-0.4, -0.2) is 16.9 Å². The molecule has 0 aliphatic carbocycles. The molecule has 0 radical (unpaired) electrons. The molecule has 3 aromatic rings. The molecule has 0 unspecified atom stereocenters. The Kier molecular flexibility index (Phi) is 6.05. The summed E-state index contributed by atoms with van der Waals surface area (Å²) in [5.74, 6) is -0.0618. The van der Waals surface area contributed by atoms with Crippen molar-refractivity contribution in [2.75, 3.05) is 5.32 Å². The van der Waals surface area contributed by atoms with Crippen LogP contribution >= 0.6 is 28.1 Å². The second-order valence-corrected chi connectivity index (χ2v) is 6.51. The minimum Gasteiger partial charge on any atom is -0.467 e. The van der Waals surface area contributed by atoms with Gasteiger partial charge in [0.2, 0.25) is 0 Å². The van der Waals surface area contributed by atoms with Crippen molar-refractivity contribution in [1.29, 1.82) is 0 Å². The topological polar surface area (TPSA) is 96.5 Å². The number of nitrogens with one attached hydrogen (secondary N) is 3. The van der Waals surface area contributed by atoms with Gasteiger partial charge in [-0.3, -0.25) is 14.9 Å². The summed E-state index contributed by atoms with van der Waals surface area (Å²) in [7, 11) is 0. The Bertz CT molecular complexity index is 969. The Labute approximate surface area is 168 Å². The first-order valence-corrected chi connectivity index (χ1v) is 9.00. The molecule has 3 rings (SSSR count). The predicted octanol–water partition coefficient (Wildman–Crippen LogP) is 3.69. The molecule has 7 nitrogen and oxygen atoms in total. The van der Waals surface area contributed by atoms with Crippen molar-refractivity contribution in [3.8, 4) is 0 Å². The predicted molar refractivity (Wildman–Crippen MR) is 106 cm³/mol. The number of carbonyl (C=O) groups excluding carboxylic acids is 2. The van der Waals surface area contributed by atoms with Crippen molar-refractivity contribution < 1.29 is 18.4 Å². The maximum Gasteiger partial charge on any atom is 0.293 e. The minimum absolute atomic E-state index is 0.0406. The monoisotopic (exact) mass is 447 g/mol. The fourth-order valence-electron chi connectivity index (χ4n) is 2.22. The molecule has 0 aliphatic heterocycles. The summed E-state index contributed by atoms with van der Waals surface area (Å²) in [6, 6.07) is 13.4. The van der Waals surface area contributed by atoms with Gasteiger partial charge in [0.25, 0.3) is 11.8 Å². The molecule has 0 spiro atoms. The van der Waals surface area contributed by atoms with Gasteiger partial charge in [-0.1, -0.05) is 12.1 Å². The van der Waals surface area contributed by atoms with Crippen LogP contribution in [0.25, 0.3) is 0 Å². The van der Waals surface area contributed by atoms with Crippen LogP contribution in [0.2, 0.25) is 0 Å². The van der Waals surface area contributed by atoms with Crippen molar-refractivity contribution in [3.63, 3.8) is 0 Å². The van der Waals surface area contributed by atoms with E-state index in [1.54, 1.807) is 42.5 Å². The lowest BCUT2D eigenvalue weighted by molar-refractivity contribution is 0.0942. The molecule has 0 fully saturated rings. The van der Waals surface area contributed by atoms with Crippen LogP contribution in [0.4, 0.5) is 5.69 Å². The molecule has 0 aliphatic rings. The van der Waals surface area contributed by atoms with Gasteiger partial charge >= 0.3 is 0 Å². The Morgan fingerprint density at radius 2 is 1.85 bits per heavy atom. The number of thiocarbonyl (C=S) groups is 1. The zero-order valence-electron chi connectivity index (χ0n) is 13.8. The fourth-order valence-corrected chi connectivity index (χ4v) is 2.73. The number of amides is 2. The number of furan rings is 2. The van der Waals surface area contributed by atoms with Crippen molar-refractivity contribution in [1.82, 2.24) is 10.6 Å². The van der Waals surface area contributed by atoms with Gasteiger partial charge in [-0.2, -0.15) is 0 Å². The fraction of sp³-hybridized carbons (Fsp3) is 0.0556. The zero-order chi connectivity index (χ0) is 19.2. The number of benzene rings is 1. The third kappa shape index (κ3) is 5.05. The summed E-state index contributed by atoms with van der Waals surface area (Å²) >= 11 is 8.28. The number of halogens is 1. The average molecular weight is 448 g/mol. The molecule has 2 heterocycles. The van der Waals surface area contributed by atoms with E-state index in [-0.39, 0.29) is 23.3 Å². The molecule has 27 heavy (non-hydrogen) atoms. The van der Waals surface area contributed by atoms with E-state index in [9.17, 15) is 9.59 Å². The SMILES string of the molecule is O=C(NC(=S)Nc1ccccc1C(=O)NCc1ccco1)c1ccc(Br)o1. The second-order valence-electron chi connectivity index (χ2n) is 5.32. The van der Waals surface area contributed by atoms with Gasteiger partial charge in [-0.25, -0.2) is 0 Å². The molecular formula is C18H14BrN3O4S. The molecule has 1 aromatic carbocycles. The first-order valence-electron chi connectivity index (χ1n) is 7.80. The van der Waals surface area contributed by atoms with E-state index >= 15 is 0 Å². The Morgan fingerprint density at radius 1 is 1.04 bits per heavy atom. The summed E-state index contributed by atoms with van der Waals surface area (Å²) in [5, 5.41) is 8.15. The lowest BCUT2D eigenvalue weighted by Crippen LogP contribution is -2.34. The first kappa shape index (κ1) is 18.9. The highest BCUT2D eigenvalue weighted by Gasteiger charge is 2.15. The highest BCUT2D eigenvalue weighted by Crippen LogP contribution is 2.16. The quantitative estimate of drug-likeness (QED) is 0.516. The van der Waals surface area contributed by atoms with Gasteiger partial charge in [-0.05, 0) is 64.5 Å². The first-order chi connectivity index (χ1) is 13.0. The standard InChI is InChI=1S/C18H14BrN3O4S/c19-15-8-7-14(26-15)17(24)22-18(27)21-13-6-2-1-5-12(13)16(23)20-10-11-4-3-9-25-11/h1-9H,10H2,(H,20,23)(H2,21,22,24,27). The van der Waals surface area contributed by atoms with Gasteiger partial charge < -0.3 is 19.5 Å². The Balaban J connectivity index is 1.63. The minimum atomic E-state index is -0.502. The number of para-hydroxylation sites is 1. The van der Waals surface area contributed by atoms with E-state index in [1.165, 1.54) is 12.3 Å². The van der Waals surface area contributed by atoms with Gasteiger partial charge in [0.05, 0.1) is 24.1 Å². The highest BCUT2D eigenvalue weighted by molar-refractivity contribution is 9.10. The van der Waals surface area contributed by atoms with Gasteiger partial charge in [0.1, 0.15) is 5.76 Å². The summed E-state index contributed by atoms with van der Waals surface area (Å²) < 4.78 is 10.8. The van der Waals surface area contributed by atoms with Crippen molar-refractivity contribution in [3.05, 3.63) is 76.5 Å². The van der Waals surface area contributed by atoms with E-state index in [4.69, 9.17) is 21.1 Å². The van der Waals surface area contributed by atoms with E-state index in [2.05, 4.69) is 31.9 Å². The van der Waals surface area contributed by atoms with E-state index in [0.717, 1.165) is 0 Å². The third-order valence-corrected chi connectivity index (χ3v) is 4.08. The van der Waals surface area contributed by atoms with Crippen molar-refractivity contribution in [2.45, 2.75) is 6.54 Å². The Hall–Kier alpha value is -2.91. The molecular weight excluding hydrogens is 434 g/mol. The number of carbonyl (C=O) groups is 2. The molecule has 2 aromatic heterocycles. The molecule has 9 heteroatoms. The number of anilines is 1. The maximum atomic E-state index is 12.4. The largest absolute Gasteiger partial charge is 0.467 e. The van der Waals surface area contributed by atoms with Crippen LogP contribution in [0.1, 0.15) is 26.7 Å². The number of hydrogen-bond acceptors (Lipinski definition) is 5. The summed E-state index contributed by atoms with van der Waals surface area (Å²) in [5.41, 5.74) is 0.835. The average Bonchev–Trinajstić information content (AvgIpc) is 3.31. The normalized spacial score (nSPS) is 10.3. The van der Waals surface area contributed by atoms with Gasteiger partial charge in [0.15, 0.2) is 15.5 Å². The van der Waals surface area contributed by atoms with Crippen LogP contribution in [0.3, 0.4) is 0 Å². The maximum absolute atomic E-state index is 12.4. The molecule has 2 amide bonds. The summed E-state index contributed by atoms with van der Waals surface area (Å²) in [6.07, 6.45) is 1.54.